The van der Waals surface area contributed by atoms with Crippen LogP contribution in [0.5, 0.6) is 0 Å². The molecule has 0 heterocycles. The van der Waals surface area contributed by atoms with Crippen LogP contribution < -0.4 is 5.73 Å². The average molecular weight is 217 g/mol. The normalized spacial score (nSPS) is 20.2. The summed E-state index contributed by atoms with van der Waals surface area (Å²) in [6.07, 6.45) is 3.26. The first-order valence-corrected chi connectivity index (χ1v) is 5.66. The van der Waals surface area contributed by atoms with Gasteiger partial charge in [-0.25, -0.2) is 0 Å². The standard InChI is InChI=1S/C11H23NO3/c1-14-6-7-15-5-4-11(8-12,9-13)10-2-3-10/h10,13H,2-9,12H2,1H3. The van der Waals surface area contributed by atoms with Crippen molar-refractivity contribution in [2.45, 2.75) is 19.3 Å². The molecule has 1 saturated carbocycles. The van der Waals surface area contributed by atoms with Crippen LogP contribution in [0, 0.1) is 11.3 Å². The van der Waals surface area contributed by atoms with Gasteiger partial charge < -0.3 is 20.3 Å². The van der Waals surface area contributed by atoms with Crippen LogP contribution >= 0.6 is 0 Å². The van der Waals surface area contributed by atoms with Crippen LogP contribution in [-0.4, -0.2) is 45.2 Å². The first-order chi connectivity index (χ1) is 7.29. The average Bonchev–Trinajstić information content (AvgIpc) is 3.08. The minimum Gasteiger partial charge on any atom is -0.396 e. The van der Waals surface area contributed by atoms with Crippen LogP contribution in [0.2, 0.25) is 0 Å². The number of rotatable bonds is 9. The quantitative estimate of drug-likeness (QED) is 0.548. The van der Waals surface area contributed by atoms with Gasteiger partial charge in [-0.05, 0) is 25.2 Å². The highest BCUT2D eigenvalue weighted by Crippen LogP contribution is 2.46. The summed E-state index contributed by atoms with van der Waals surface area (Å²) in [5.41, 5.74) is 5.67. The van der Waals surface area contributed by atoms with E-state index in [9.17, 15) is 5.11 Å². The summed E-state index contributed by atoms with van der Waals surface area (Å²) in [5, 5.41) is 9.43. The summed E-state index contributed by atoms with van der Waals surface area (Å²) in [6, 6.07) is 0. The molecule has 0 bridgehead atoms. The van der Waals surface area contributed by atoms with E-state index in [2.05, 4.69) is 0 Å². The molecule has 1 aliphatic carbocycles. The molecule has 0 aromatic rings. The van der Waals surface area contributed by atoms with Crippen LogP contribution in [0.25, 0.3) is 0 Å². The topological polar surface area (TPSA) is 64.7 Å². The fourth-order valence-electron chi connectivity index (χ4n) is 1.96. The molecule has 0 saturated heterocycles. The van der Waals surface area contributed by atoms with Crippen molar-refractivity contribution in [3.63, 3.8) is 0 Å². The Morgan fingerprint density at radius 3 is 2.53 bits per heavy atom. The molecule has 15 heavy (non-hydrogen) atoms. The van der Waals surface area contributed by atoms with Crippen molar-refractivity contribution in [2.24, 2.45) is 17.1 Å². The largest absolute Gasteiger partial charge is 0.396 e. The maximum atomic E-state index is 9.43. The Bertz CT molecular complexity index is 167. The Labute approximate surface area is 91.7 Å². The zero-order chi connectivity index (χ0) is 11.1. The van der Waals surface area contributed by atoms with E-state index in [4.69, 9.17) is 15.2 Å². The Kier molecular flexibility index (Phi) is 5.53. The van der Waals surface area contributed by atoms with E-state index in [1.807, 2.05) is 0 Å². The van der Waals surface area contributed by atoms with Crippen molar-refractivity contribution >= 4 is 0 Å². The maximum Gasteiger partial charge on any atom is 0.0700 e. The zero-order valence-electron chi connectivity index (χ0n) is 9.58. The summed E-state index contributed by atoms with van der Waals surface area (Å²) >= 11 is 0. The minimum absolute atomic E-state index is 0.0902. The van der Waals surface area contributed by atoms with E-state index in [1.165, 1.54) is 12.8 Å². The molecular weight excluding hydrogens is 194 g/mol. The van der Waals surface area contributed by atoms with Crippen molar-refractivity contribution in [1.82, 2.24) is 0 Å². The van der Waals surface area contributed by atoms with Gasteiger partial charge in [0.05, 0.1) is 19.8 Å². The Morgan fingerprint density at radius 2 is 2.07 bits per heavy atom. The van der Waals surface area contributed by atoms with E-state index in [0.29, 0.717) is 32.3 Å². The number of nitrogens with two attached hydrogens (primary N) is 1. The predicted molar refractivity (Wildman–Crippen MR) is 58.6 cm³/mol. The third-order valence-corrected chi connectivity index (χ3v) is 3.34. The maximum absolute atomic E-state index is 9.43. The molecule has 1 rings (SSSR count). The lowest BCUT2D eigenvalue weighted by molar-refractivity contribution is 0.0278. The van der Waals surface area contributed by atoms with E-state index in [-0.39, 0.29) is 12.0 Å². The van der Waals surface area contributed by atoms with Crippen LogP contribution in [0.4, 0.5) is 0 Å². The summed E-state index contributed by atoms with van der Waals surface area (Å²) < 4.78 is 10.3. The number of aliphatic hydroxyl groups is 1. The lowest BCUT2D eigenvalue weighted by Gasteiger charge is -2.30. The number of aliphatic hydroxyl groups excluding tert-OH is 1. The van der Waals surface area contributed by atoms with Crippen molar-refractivity contribution in [3.05, 3.63) is 0 Å². The van der Waals surface area contributed by atoms with Gasteiger partial charge in [0, 0.05) is 25.7 Å². The first-order valence-electron chi connectivity index (χ1n) is 5.66. The summed E-state index contributed by atoms with van der Waals surface area (Å²) in [5.74, 6) is 0.610. The molecule has 0 radical (unpaired) electrons. The monoisotopic (exact) mass is 217 g/mol. The van der Waals surface area contributed by atoms with Crippen LogP contribution in [0.15, 0.2) is 0 Å². The Balaban J connectivity index is 2.19. The first kappa shape index (κ1) is 12.9. The molecule has 1 aliphatic rings. The van der Waals surface area contributed by atoms with Crippen LogP contribution in [0.3, 0.4) is 0 Å². The van der Waals surface area contributed by atoms with E-state index >= 15 is 0 Å². The fourth-order valence-corrected chi connectivity index (χ4v) is 1.96. The number of ether oxygens (including phenoxy) is 2. The third-order valence-electron chi connectivity index (χ3n) is 3.34. The van der Waals surface area contributed by atoms with Gasteiger partial charge in [0.1, 0.15) is 0 Å². The second-order valence-corrected chi connectivity index (χ2v) is 4.35. The molecular formula is C11H23NO3. The SMILES string of the molecule is COCCOCCC(CN)(CO)C1CC1. The molecule has 0 spiro atoms. The summed E-state index contributed by atoms with van der Waals surface area (Å²) in [7, 11) is 1.66. The number of methoxy groups -OCH3 is 1. The van der Waals surface area contributed by atoms with Crippen molar-refractivity contribution in [2.75, 3.05) is 40.1 Å². The summed E-state index contributed by atoms with van der Waals surface area (Å²) in [6.45, 7) is 2.65. The van der Waals surface area contributed by atoms with Gasteiger partial charge in [-0.2, -0.15) is 0 Å². The van der Waals surface area contributed by atoms with Gasteiger partial charge in [-0.3, -0.25) is 0 Å². The van der Waals surface area contributed by atoms with Crippen molar-refractivity contribution < 1.29 is 14.6 Å². The second-order valence-electron chi connectivity index (χ2n) is 4.35. The second kappa shape index (κ2) is 6.43. The molecule has 4 heteroatoms. The smallest absolute Gasteiger partial charge is 0.0700 e. The molecule has 0 aromatic heterocycles. The Morgan fingerprint density at radius 1 is 1.33 bits per heavy atom. The molecule has 0 amide bonds. The van der Waals surface area contributed by atoms with Gasteiger partial charge in [-0.15, -0.1) is 0 Å². The molecule has 0 aliphatic heterocycles. The van der Waals surface area contributed by atoms with Gasteiger partial charge in [-0.1, -0.05) is 0 Å². The molecule has 4 nitrogen and oxygen atoms in total. The Hall–Kier alpha value is -0.160. The molecule has 1 fully saturated rings. The van der Waals surface area contributed by atoms with Gasteiger partial charge >= 0.3 is 0 Å². The van der Waals surface area contributed by atoms with Gasteiger partial charge in [0.15, 0.2) is 0 Å². The molecule has 90 valence electrons. The highest BCUT2D eigenvalue weighted by Gasteiger charge is 2.43. The lowest BCUT2D eigenvalue weighted by Crippen LogP contribution is -2.37. The third kappa shape index (κ3) is 3.72. The van der Waals surface area contributed by atoms with Gasteiger partial charge in [0.2, 0.25) is 0 Å². The molecule has 1 atom stereocenters. The van der Waals surface area contributed by atoms with Crippen LogP contribution in [0.1, 0.15) is 19.3 Å². The van der Waals surface area contributed by atoms with Crippen molar-refractivity contribution in [3.8, 4) is 0 Å². The van der Waals surface area contributed by atoms with E-state index < -0.39 is 0 Å². The van der Waals surface area contributed by atoms with Crippen molar-refractivity contribution in [1.29, 1.82) is 0 Å². The minimum atomic E-state index is -0.0902. The highest BCUT2D eigenvalue weighted by atomic mass is 16.5. The number of hydrogen-bond donors (Lipinski definition) is 2. The molecule has 1 unspecified atom stereocenters. The number of hydrogen-bond acceptors (Lipinski definition) is 4. The zero-order valence-corrected chi connectivity index (χ0v) is 9.58. The lowest BCUT2D eigenvalue weighted by atomic mass is 9.80. The van der Waals surface area contributed by atoms with E-state index in [1.54, 1.807) is 7.11 Å². The predicted octanol–water partition coefficient (Wildman–Crippen LogP) is 0.387. The fraction of sp³-hybridized carbons (Fsp3) is 1.00. The highest BCUT2D eigenvalue weighted by molar-refractivity contribution is 4.94. The summed E-state index contributed by atoms with van der Waals surface area (Å²) in [4.78, 5) is 0. The molecule has 3 N–H and O–H groups in total. The molecule has 0 aromatic carbocycles. The van der Waals surface area contributed by atoms with Crippen LogP contribution in [-0.2, 0) is 9.47 Å². The van der Waals surface area contributed by atoms with Gasteiger partial charge in [0.25, 0.3) is 0 Å². The van der Waals surface area contributed by atoms with E-state index in [0.717, 1.165) is 6.42 Å².